The third-order valence-electron chi connectivity index (χ3n) is 3.85. The van der Waals surface area contributed by atoms with E-state index in [-0.39, 0.29) is 0 Å². The minimum Gasteiger partial charge on any atom is -0.355 e. The highest BCUT2D eigenvalue weighted by Crippen LogP contribution is 2.31. The summed E-state index contributed by atoms with van der Waals surface area (Å²) in [7, 11) is 0. The predicted molar refractivity (Wildman–Crippen MR) is 77.9 cm³/mol. The Morgan fingerprint density at radius 1 is 1.56 bits per heavy atom. The van der Waals surface area contributed by atoms with Crippen LogP contribution in [0.2, 0.25) is 0 Å². The number of alkyl halides is 1. The number of halogens is 1. The van der Waals surface area contributed by atoms with Crippen molar-refractivity contribution in [3.8, 4) is 0 Å². The Bertz CT molecular complexity index is 529. The summed E-state index contributed by atoms with van der Waals surface area (Å²) in [6.07, 6.45) is 6.19. The molecule has 0 unspecified atom stereocenters. The molecule has 2 aromatic heterocycles. The van der Waals surface area contributed by atoms with Gasteiger partial charge in [0.1, 0.15) is 0 Å². The monoisotopic (exact) mass is 283 g/mol. The molecule has 0 radical (unpaired) electrons. The average molecular weight is 284 g/mol. The molecule has 0 saturated heterocycles. The zero-order valence-corrected chi connectivity index (χ0v) is 12.2. The van der Waals surface area contributed by atoms with Gasteiger partial charge in [0.2, 0.25) is 0 Å². The fraction of sp³-hybridized carbons (Fsp3) is 0.615. The Balaban J connectivity index is 1.91. The van der Waals surface area contributed by atoms with E-state index in [1.807, 2.05) is 0 Å². The van der Waals surface area contributed by atoms with E-state index in [2.05, 4.69) is 27.8 Å². The molecule has 1 fully saturated rings. The van der Waals surface area contributed by atoms with Crippen molar-refractivity contribution in [3.05, 3.63) is 17.3 Å². The Morgan fingerprint density at radius 2 is 2.39 bits per heavy atom. The highest BCUT2D eigenvalue weighted by atomic mass is 35.5. The number of anilines is 1. The smallest absolute Gasteiger partial charge is 0.195 e. The van der Waals surface area contributed by atoms with Gasteiger partial charge in [0, 0.05) is 24.7 Å². The van der Waals surface area contributed by atoms with Crippen LogP contribution in [0.25, 0.3) is 4.96 Å². The van der Waals surface area contributed by atoms with Crippen molar-refractivity contribution in [2.24, 2.45) is 5.92 Å². The molecule has 2 heterocycles. The van der Waals surface area contributed by atoms with Crippen LogP contribution < -0.4 is 4.90 Å². The van der Waals surface area contributed by atoms with Crippen LogP contribution in [-0.2, 0) is 5.88 Å². The molecule has 3 rings (SSSR count). The molecule has 0 spiro atoms. The van der Waals surface area contributed by atoms with Crippen molar-refractivity contribution in [2.75, 3.05) is 18.0 Å². The van der Waals surface area contributed by atoms with E-state index in [1.54, 1.807) is 11.3 Å². The van der Waals surface area contributed by atoms with Gasteiger partial charge in [-0.3, -0.25) is 4.40 Å². The van der Waals surface area contributed by atoms with Gasteiger partial charge in [-0.15, -0.1) is 22.9 Å². The number of rotatable bonds is 5. The molecule has 0 N–H and O–H groups in total. The van der Waals surface area contributed by atoms with Crippen LogP contribution in [0.15, 0.2) is 11.6 Å². The summed E-state index contributed by atoms with van der Waals surface area (Å²) in [4.78, 5) is 8.19. The van der Waals surface area contributed by atoms with Crippen LogP contribution in [-0.4, -0.2) is 22.5 Å². The summed E-state index contributed by atoms with van der Waals surface area (Å²) >= 11 is 7.78. The lowest BCUT2D eigenvalue weighted by Gasteiger charge is -2.32. The lowest BCUT2D eigenvalue weighted by molar-refractivity contribution is 0.318. The summed E-state index contributed by atoms with van der Waals surface area (Å²) in [6.45, 7) is 4.33. The van der Waals surface area contributed by atoms with Gasteiger partial charge in [-0.2, -0.15) is 0 Å². The first-order valence-corrected chi connectivity index (χ1v) is 8.00. The molecule has 2 aromatic rings. The van der Waals surface area contributed by atoms with Gasteiger partial charge in [0.05, 0.1) is 11.6 Å². The second-order valence-electron chi connectivity index (χ2n) is 4.91. The second-order valence-corrected chi connectivity index (χ2v) is 6.05. The average Bonchev–Trinajstić information content (AvgIpc) is 2.87. The first-order valence-electron chi connectivity index (χ1n) is 6.58. The number of hydrogen-bond acceptors (Lipinski definition) is 3. The minimum atomic E-state index is 0.522. The molecule has 0 bridgehead atoms. The summed E-state index contributed by atoms with van der Waals surface area (Å²) in [5.74, 6) is 2.47. The number of thiazole rings is 1. The van der Waals surface area contributed by atoms with Crippen LogP contribution in [0.3, 0.4) is 0 Å². The fourth-order valence-electron chi connectivity index (χ4n) is 2.55. The largest absolute Gasteiger partial charge is 0.355 e. The molecule has 5 heteroatoms. The maximum absolute atomic E-state index is 6.11. The van der Waals surface area contributed by atoms with Crippen LogP contribution in [0.1, 0.15) is 31.9 Å². The molecule has 0 atom stereocenters. The van der Waals surface area contributed by atoms with E-state index in [9.17, 15) is 0 Å². The minimum absolute atomic E-state index is 0.522. The SMILES string of the molecule is CCN(CC1CCC1)c1nc2sccn2c1CCl. The van der Waals surface area contributed by atoms with Crippen molar-refractivity contribution in [2.45, 2.75) is 32.1 Å². The Labute approximate surface area is 116 Å². The van der Waals surface area contributed by atoms with E-state index in [4.69, 9.17) is 16.6 Å². The molecular formula is C13H18ClN3S. The van der Waals surface area contributed by atoms with Gasteiger partial charge in [-0.1, -0.05) is 6.42 Å². The van der Waals surface area contributed by atoms with E-state index >= 15 is 0 Å². The first-order chi connectivity index (χ1) is 8.83. The lowest BCUT2D eigenvalue weighted by Crippen LogP contribution is -2.33. The molecule has 18 heavy (non-hydrogen) atoms. The molecule has 98 valence electrons. The quantitative estimate of drug-likeness (QED) is 0.779. The maximum atomic E-state index is 6.11. The Kier molecular flexibility index (Phi) is 3.48. The van der Waals surface area contributed by atoms with Crippen molar-refractivity contribution in [1.29, 1.82) is 0 Å². The van der Waals surface area contributed by atoms with Gasteiger partial charge in [0.15, 0.2) is 10.8 Å². The number of aromatic nitrogens is 2. The van der Waals surface area contributed by atoms with E-state index < -0.39 is 0 Å². The lowest BCUT2D eigenvalue weighted by atomic mass is 9.85. The Morgan fingerprint density at radius 3 is 3.00 bits per heavy atom. The molecular weight excluding hydrogens is 266 g/mol. The normalized spacial score (nSPS) is 16.1. The fourth-order valence-corrected chi connectivity index (χ4v) is 3.53. The van der Waals surface area contributed by atoms with Crippen molar-refractivity contribution in [3.63, 3.8) is 0 Å². The Hall–Kier alpha value is -0.740. The number of fused-ring (bicyclic) bond motifs is 1. The zero-order valence-electron chi connectivity index (χ0n) is 10.6. The maximum Gasteiger partial charge on any atom is 0.195 e. The van der Waals surface area contributed by atoms with Crippen molar-refractivity contribution < 1.29 is 0 Å². The summed E-state index contributed by atoms with van der Waals surface area (Å²) in [5, 5.41) is 2.06. The molecule has 1 saturated carbocycles. The van der Waals surface area contributed by atoms with Gasteiger partial charge in [0.25, 0.3) is 0 Å². The number of hydrogen-bond donors (Lipinski definition) is 0. The molecule has 0 aromatic carbocycles. The highest BCUT2D eigenvalue weighted by molar-refractivity contribution is 7.15. The van der Waals surface area contributed by atoms with E-state index in [0.717, 1.165) is 35.5 Å². The van der Waals surface area contributed by atoms with Crippen LogP contribution in [0.5, 0.6) is 0 Å². The third-order valence-corrected chi connectivity index (χ3v) is 4.86. The van der Waals surface area contributed by atoms with Crippen molar-refractivity contribution in [1.82, 2.24) is 9.38 Å². The topological polar surface area (TPSA) is 20.5 Å². The number of nitrogens with zero attached hydrogens (tertiary/aromatic N) is 3. The molecule has 3 nitrogen and oxygen atoms in total. The van der Waals surface area contributed by atoms with Crippen LogP contribution in [0, 0.1) is 5.92 Å². The summed E-state index contributed by atoms with van der Waals surface area (Å²) < 4.78 is 2.12. The molecule has 0 aliphatic heterocycles. The first kappa shape index (κ1) is 12.3. The van der Waals surface area contributed by atoms with Gasteiger partial charge < -0.3 is 4.90 Å². The standard InChI is InChI=1S/C13H18ClN3S/c1-2-16(9-10-4-3-5-10)12-11(8-14)17-6-7-18-13(17)15-12/h6-7,10H,2-5,8-9H2,1H3. The van der Waals surface area contributed by atoms with E-state index in [1.165, 1.54) is 19.3 Å². The number of imidazole rings is 1. The second kappa shape index (κ2) is 5.10. The van der Waals surface area contributed by atoms with Crippen molar-refractivity contribution >= 4 is 33.7 Å². The predicted octanol–water partition coefficient (Wildman–Crippen LogP) is 3.76. The summed E-state index contributed by atoms with van der Waals surface area (Å²) in [5.41, 5.74) is 1.13. The van der Waals surface area contributed by atoms with E-state index in [0.29, 0.717) is 5.88 Å². The van der Waals surface area contributed by atoms with Crippen LogP contribution in [0.4, 0.5) is 5.82 Å². The summed E-state index contributed by atoms with van der Waals surface area (Å²) in [6, 6.07) is 0. The molecule has 1 aliphatic carbocycles. The third kappa shape index (κ3) is 2.01. The van der Waals surface area contributed by atoms with Gasteiger partial charge in [-0.05, 0) is 25.7 Å². The molecule has 0 amide bonds. The van der Waals surface area contributed by atoms with Gasteiger partial charge in [-0.25, -0.2) is 4.98 Å². The van der Waals surface area contributed by atoms with Gasteiger partial charge >= 0.3 is 0 Å². The highest BCUT2D eigenvalue weighted by Gasteiger charge is 2.23. The zero-order chi connectivity index (χ0) is 12.5. The van der Waals surface area contributed by atoms with Crippen LogP contribution >= 0.6 is 22.9 Å². The molecule has 1 aliphatic rings.